The van der Waals surface area contributed by atoms with E-state index in [-0.39, 0.29) is 0 Å². The summed E-state index contributed by atoms with van der Waals surface area (Å²) in [5, 5.41) is 0. The highest BCUT2D eigenvalue weighted by molar-refractivity contribution is 5.11. The van der Waals surface area contributed by atoms with E-state index >= 15 is 0 Å². The van der Waals surface area contributed by atoms with Crippen LogP contribution in [-0.2, 0) is 0 Å². The third kappa shape index (κ3) is 0.823. The highest BCUT2D eigenvalue weighted by Gasteiger charge is 2.60. The summed E-state index contributed by atoms with van der Waals surface area (Å²) in [6.07, 6.45) is 8.91. The van der Waals surface area contributed by atoms with Crippen LogP contribution in [0.3, 0.4) is 0 Å². The normalized spacial score (nSPS) is 55.4. The lowest BCUT2D eigenvalue weighted by Gasteiger charge is -2.43. The van der Waals surface area contributed by atoms with Gasteiger partial charge in [0.05, 0.1) is 0 Å². The Morgan fingerprint density at radius 1 is 1.31 bits per heavy atom. The van der Waals surface area contributed by atoms with Crippen molar-refractivity contribution in [2.75, 3.05) is 0 Å². The van der Waals surface area contributed by atoms with Crippen molar-refractivity contribution in [1.29, 1.82) is 0 Å². The molecular formula is C12H21N. The van der Waals surface area contributed by atoms with Gasteiger partial charge in [-0.15, -0.1) is 0 Å². The monoisotopic (exact) mass is 179 g/mol. The molecule has 0 radical (unpaired) electrons. The van der Waals surface area contributed by atoms with Crippen molar-refractivity contribution in [1.82, 2.24) is 0 Å². The highest BCUT2D eigenvalue weighted by atomic mass is 14.8. The van der Waals surface area contributed by atoms with Gasteiger partial charge in [0.1, 0.15) is 0 Å². The second-order valence-corrected chi connectivity index (χ2v) is 5.67. The Morgan fingerprint density at radius 3 is 2.85 bits per heavy atom. The molecular weight excluding hydrogens is 158 g/mol. The largest absolute Gasteiger partial charge is 0.327 e. The molecule has 0 aromatic heterocycles. The Bertz CT molecular complexity index is 223. The van der Waals surface area contributed by atoms with Crippen LogP contribution in [0, 0.1) is 23.2 Å². The molecule has 0 heterocycles. The van der Waals surface area contributed by atoms with Gasteiger partial charge in [0, 0.05) is 6.04 Å². The average molecular weight is 179 g/mol. The van der Waals surface area contributed by atoms with Crippen LogP contribution in [0.1, 0.15) is 45.4 Å². The van der Waals surface area contributed by atoms with Crippen molar-refractivity contribution < 1.29 is 0 Å². The van der Waals surface area contributed by atoms with Gasteiger partial charge in [-0.3, -0.25) is 0 Å². The second kappa shape index (κ2) is 2.50. The van der Waals surface area contributed by atoms with E-state index in [1.807, 2.05) is 0 Å². The number of fused-ring (bicyclic) bond motifs is 5. The molecule has 1 nitrogen and oxygen atoms in total. The van der Waals surface area contributed by atoms with Gasteiger partial charge in [-0.05, 0) is 62.2 Å². The van der Waals surface area contributed by atoms with Gasteiger partial charge in [-0.25, -0.2) is 0 Å². The van der Waals surface area contributed by atoms with Crippen LogP contribution in [0.15, 0.2) is 0 Å². The Balaban J connectivity index is 1.99. The third-order valence-corrected chi connectivity index (χ3v) is 5.47. The Morgan fingerprint density at radius 2 is 2.15 bits per heavy atom. The van der Waals surface area contributed by atoms with Crippen LogP contribution in [0.4, 0.5) is 0 Å². The molecule has 2 N–H and O–H groups in total. The molecule has 0 aromatic rings. The molecule has 3 saturated carbocycles. The molecule has 1 heteroatoms. The smallest absolute Gasteiger partial charge is 0.00724 e. The molecule has 3 fully saturated rings. The average Bonchev–Trinajstić information content (AvgIpc) is 2.76. The summed E-state index contributed by atoms with van der Waals surface area (Å²) in [5.74, 6) is 3.09. The SMILES string of the molecule is C[C@H](N)[C@@]12CCC[C@@H]1[C@H]1CC[C@H]2C1. The first-order valence-electron chi connectivity index (χ1n) is 6.00. The van der Waals surface area contributed by atoms with Crippen molar-refractivity contribution in [2.24, 2.45) is 28.9 Å². The molecule has 0 aliphatic heterocycles. The van der Waals surface area contributed by atoms with Crippen LogP contribution in [0.2, 0.25) is 0 Å². The first kappa shape index (κ1) is 8.28. The molecule has 3 aliphatic rings. The fourth-order valence-corrected chi connectivity index (χ4v) is 5.07. The van der Waals surface area contributed by atoms with E-state index in [0.29, 0.717) is 11.5 Å². The van der Waals surface area contributed by atoms with Crippen LogP contribution in [-0.4, -0.2) is 6.04 Å². The molecule has 0 spiro atoms. The van der Waals surface area contributed by atoms with Crippen LogP contribution in [0.25, 0.3) is 0 Å². The molecule has 0 unspecified atom stereocenters. The summed E-state index contributed by atoms with van der Waals surface area (Å²) in [7, 11) is 0. The fourth-order valence-electron chi connectivity index (χ4n) is 5.07. The van der Waals surface area contributed by atoms with Gasteiger partial charge in [-0.2, -0.15) is 0 Å². The predicted octanol–water partition coefficient (Wildman–Crippen LogP) is 2.55. The minimum absolute atomic E-state index is 0.454. The molecule has 2 bridgehead atoms. The molecule has 3 aliphatic carbocycles. The van der Waals surface area contributed by atoms with E-state index in [0.717, 1.165) is 17.8 Å². The summed E-state index contributed by atoms with van der Waals surface area (Å²) >= 11 is 0. The Hall–Kier alpha value is -0.0400. The van der Waals surface area contributed by atoms with E-state index < -0.39 is 0 Å². The lowest BCUT2D eigenvalue weighted by molar-refractivity contribution is 0.0839. The summed E-state index contributed by atoms with van der Waals surface area (Å²) in [6.45, 7) is 2.26. The minimum atomic E-state index is 0.454. The maximum Gasteiger partial charge on any atom is 0.00724 e. The van der Waals surface area contributed by atoms with E-state index in [1.54, 1.807) is 0 Å². The van der Waals surface area contributed by atoms with Crippen molar-refractivity contribution >= 4 is 0 Å². The summed E-state index contributed by atoms with van der Waals surface area (Å²) < 4.78 is 0. The minimum Gasteiger partial charge on any atom is -0.327 e. The van der Waals surface area contributed by atoms with Gasteiger partial charge >= 0.3 is 0 Å². The molecule has 0 aromatic carbocycles. The summed E-state index contributed by atoms with van der Waals surface area (Å²) in [6, 6.07) is 0.454. The lowest BCUT2D eigenvalue weighted by Crippen LogP contribution is -2.46. The number of hydrogen-bond donors (Lipinski definition) is 1. The first-order chi connectivity index (χ1) is 6.25. The van der Waals surface area contributed by atoms with Gasteiger partial charge in [0.25, 0.3) is 0 Å². The third-order valence-electron chi connectivity index (χ3n) is 5.47. The number of hydrogen-bond acceptors (Lipinski definition) is 1. The summed E-state index contributed by atoms with van der Waals surface area (Å²) in [5.41, 5.74) is 6.86. The zero-order valence-electron chi connectivity index (χ0n) is 8.63. The molecule has 0 saturated heterocycles. The van der Waals surface area contributed by atoms with Gasteiger partial charge < -0.3 is 5.73 Å². The standard InChI is InChI=1S/C12H21N/c1-8(13)12-6-2-3-11(12)9-4-5-10(12)7-9/h8-11H,2-7,13H2,1H3/t8-,9-,10-,11+,12+/m0/s1. The van der Waals surface area contributed by atoms with Crippen LogP contribution in [0.5, 0.6) is 0 Å². The van der Waals surface area contributed by atoms with E-state index in [2.05, 4.69) is 6.92 Å². The Labute approximate surface area is 81.1 Å². The maximum absolute atomic E-state index is 6.26. The van der Waals surface area contributed by atoms with Crippen molar-refractivity contribution in [3.63, 3.8) is 0 Å². The van der Waals surface area contributed by atoms with Gasteiger partial charge in [-0.1, -0.05) is 6.42 Å². The topological polar surface area (TPSA) is 26.0 Å². The van der Waals surface area contributed by atoms with Crippen molar-refractivity contribution in [2.45, 2.75) is 51.5 Å². The van der Waals surface area contributed by atoms with Crippen molar-refractivity contribution in [3.05, 3.63) is 0 Å². The Kier molecular flexibility index (Phi) is 1.59. The van der Waals surface area contributed by atoms with Crippen LogP contribution >= 0.6 is 0 Å². The first-order valence-corrected chi connectivity index (χ1v) is 6.00. The van der Waals surface area contributed by atoms with Gasteiger partial charge in [0.15, 0.2) is 0 Å². The van der Waals surface area contributed by atoms with Crippen LogP contribution < -0.4 is 5.73 Å². The molecule has 13 heavy (non-hydrogen) atoms. The lowest BCUT2D eigenvalue weighted by atomic mass is 9.64. The number of nitrogens with two attached hydrogens (primary N) is 1. The van der Waals surface area contributed by atoms with Crippen molar-refractivity contribution in [3.8, 4) is 0 Å². The second-order valence-electron chi connectivity index (χ2n) is 5.67. The highest BCUT2D eigenvalue weighted by Crippen LogP contribution is 2.67. The van der Waals surface area contributed by atoms with E-state index in [1.165, 1.54) is 38.5 Å². The maximum atomic E-state index is 6.26. The quantitative estimate of drug-likeness (QED) is 0.657. The molecule has 5 atom stereocenters. The van der Waals surface area contributed by atoms with Gasteiger partial charge in [0.2, 0.25) is 0 Å². The summed E-state index contributed by atoms with van der Waals surface area (Å²) in [4.78, 5) is 0. The number of rotatable bonds is 1. The fraction of sp³-hybridized carbons (Fsp3) is 1.00. The molecule has 0 amide bonds. The predicted molar refractivity (Wildman–Crippen MR) is 54.3 cm³/mol. The zero-order valence-corrected chi connectivity index (χ0v) is 8.63. The van der Waals surface area contributed by atoms with E-state index in [4.69, 9.17) is 5.73 Å². The van der Waals surface area contributed by atoms with E-state index in [9.17, 15) is 0 Å². The molecule has 74 valence electrons. The molecule has 3 rings (SSSR count). The zero-order chi connectivity index (χ0) is 9.05.